The van der Waals surface area contributed by atoms with Gasteiger partial charge in [0.25, 0.3) is 0 Å². The number of likely N-dealkylation sites (N-methyl/N-ethyl adjacent to an activating group) is 8. The Bertz CT molecular complexity index is 2240. The lowest BCUT2D eigenvalue weighted by atomic mass is 9.93. The second-order valence-electron chi connectivity index (χ2n) is 26.0. The van der Waals surface area contributed by atoms with Gasteiger partial charge in [0.05, 0.1) is 18.6 Å². The zero-order chi connectivity index (χ0) is 66.2. The number of carbonyl (C=O) groups is 11. The van der Waals surface area contributed by atoms with Crippen molar-refractivity contribution in [2.45, 2.75) is 223 Å². The Balaban J connectivity index is 7.04. The topological polar surface area (TPSA) is 259 Å². The molecule has 0 heterocycles. The molecule has 0 aliphatic carbocycles. The highest BCUT2D eigenvalue weighted by Gasteiger charge is 2.43. The fraction of sp³-hybridized carbons (Fsp3) is 0.794. The van der Waals surface area contributed by atoms with Gasteiger partial charge in [0.2, 0.25) is 59.1 Å². The van der Waals surface area contributed by atoms with Crippen molar-refractivity contribution in [3.63, 3.8) is 0 Å². The average Bonchev–Trinajstić information content (AvgIpc) is 3.06. The van der Waals surface area contributed by atoms with Crippen LogP contribution in [-0.4, -0.2) is 223 Å². The lowest BCUT2D eigenvalue weighted by Crippen LogP contribution is -2.61. The summed E-state index contributed by atoms with van der Waals surface area (Å²) in [6.45, 7) is 30.8. The third kappa shape index (κ3) is 24.4. The van der Waals surface area contributed by atoms with Gasteiger partial charge in [-0.25, -0.2) is 0 Å². The molecule has 11 atom stereocenters. The van der Waals surface area contributed by atoms with Crippen molar-refractivity contribution in [1.29, 1.82) is 0 Å². The molecule has 0 aliphatic heterocycles. The van der Waals surface area contributed by atoms with Crippen LogP contribution >= 0.6 is 0 Å². The van der Waals surface area contributed by atoms with Crippen LogP contribution in [0.5, 0.6) is 0 Å². The van der Waals surface area contributed by atoms with Gasteiger partial charge in [-0.1, -0.05) is 109 Å². The normalized spacial score (nSPS) is 15.7. The maximum atomic E-state index is 15.1. The average molecular weight is 1200 g/mol. The summed E-state index contributed by atoms with van der Waals surface area (Å²) in [5.41, 5.74) is 0. The first kappa shape index (κ1) is 79.1. The molecule has 0 aromatic carbocycles. The SMILES string of the molecule is C/C=C/C[C@@H](C)C[C@@H](C(=O)N[C@@H](CC)C(=O)N(C)CC(=O)N(C)[C@@H](CC(C)C)C(=O)NC(C(=O)N(C)[C@H](C=O)CC(C)C)C(C)C)N(C)C(=O)[C@H](C(C)C)N(C)C(=O)[C@H](CC(C)C)N(C)C(=O)[C@H](CC(C)C)N(C)C(=O)[C@@H](C)NC(=O)[C@H](C)NC. The first-order valence-corrected chi connectivity index (χ1v) is 30.8. The van der Waals surface area contributed by atoms with Gasteiger partial charge in [-0.3, -0.25) is 47.9 Å². The van der Waals surface area contributed by atoms with Crippen LogP contribution in [-0.2, 0) is 52.7 Å². The Labute approximate surface area is 511 Å². The van der Waals surface area contributed by atoms with Crippen LogP contribution in [0.1, 0.15) is 163 Å². The molecule has 22 nitrogen and oxygen atoms in total. The van der Waals surface area contributed by atoms with Crippen molar-refractivity contribution in [2.24, 2.45) is 41.4 Å². The summed E-state index contributed by atoms with van der Waals surface area (Å²) in [4.78, 5) is 164. The summed E-state index contributed by atoms with van der Waals surface area (Å²) in [6.07, 6.45) is 6.58. The van der Waals surface area contributed by atoms with Gasteiger partial charge in [0.1, 0.15) is 54.6 Å². The van der Waals surface area contributed by atoms with Crippen molar-refractivity contribution in [1.82, 2.24) is 55.6 Å². The van der Waals surface area contributed by atoms with Crippen LogP contribution in [0.3, 0.4) is 0 Å². The molecular formula is C63H115N11O11. The van der Waals surface area contributed by atoms with Crippen LogP contribution in [0.4, 0.5) is 0 Å². The number of hydrogen-bond acceptors (Lipinski definition) is 12. The Morgan fingerprint density at radius 1 is 0.447 bits per heavy atom. The molecule has 0 saturated carbocycles. The number of nitrogens with zero attached hydrogens (tertiary/aromatic N) is 7. The molecule has 0 aromatic rings. The van der Waals surface area contributed by atoms with E-state index in [1.807, 2.05) is 81.4 Å². The minimum atomic E-state index is -1.14. The van der Waals surface area contributed by atoms with Gasteiger partial charge in [0.15, 0.2) is 0 Å². The van der Waals surface area contributed by atoms with Gasteiger partial charge in [0, 0.05) is 49.3 Å². The van der Waals surface area contributed by atoms with Crippen molar-refractivity contribution in [3.8, 4) is 0 Å². The Morgan fingerprint density at radius 3 is 1.33 bits per heavy atom. The first-order chi connectivity index (χ1) is 39.3. The summed E-state index contributed by atoms with van der Waals surface area (Å²) in [6, 6.07) is -9.72. The summed E-state index contributed by atoms with van der Waals surface area (Å²) < 4.78 is 0. The number of allylic oxidation sites excluding steroid dienone is 2. The van der Waals surface area contributed by atoms with E-state index in [2.05, 4.69) is 21.3 Å². The summed E-state index contributed by atoms with van der Waals surface area (Å²) in [7, 11) is 12.1. The number of amides is 10. The highest BCUT2D eigenvalue weighted by atomic mass is 16.2. The van der Waals surface area contributed by atoms with E-state index >= 15 is 9.59 Å². The fourth-order valence-corrected chi connectivity index (χ4v) is 10.3. The molecule has 0 saturated heterocycles. The van der Waals surface area contributed by atoms with Crippen LogP contribution in [0, 0.1) is 41.4 Å². The second-order valence-corrected chi connectivity index (χ2v) is 26.0. The summed E-state index contributed by atoms with van der Waals surface area (Å²) >= 11 is 0. The maximum Gasteiger partial charge on any atom is 0.246 e. The third-order valence-electron chi connectivity index (χ3n) is 15.9. The van der Waals surface area contributed by atoms with E-state index in [0.717, 1.165) is 6.29 Å². The maximum absolute atomic E-state index is 15.1. The lowest BCUT2D eigenvalue weighted by Gasteiger charge is -2.41. The van der Waals surface area contributed by atoms with Crippen molar-refractivity contribution in [2.75, 3.05) is 62.9 Å². The summed E-state index contributed by atoms with van der Waals surface area (Å²) in [5.74, 6) is -6.30. The van der Waals surface area contributed by atoms with Gasteiger partial charge >= 0.3 is 0 Å². The van der Waals surface area contributed by atoms with Crippen LogP contribution in [0.2, 0.25) is 0 Å². The van der Waals surface area contributed by atoms with E-state index in [1.165, 1.54) is 83.6 Å². The van der Waals surface area contributed by atoms with E-state index in [-0.39, 0.29) is 73.5 Å². The van der Waals surface area contributed by atoms with Crippen molar-refractivity contribution in [3.05, 3.63) is 12.2 Å². The highest BCUT2D eigenvalue weighted by molar-refractivity contribution is 5.98. The molecule has 22 heteroatoms. The predicted octanol–water partition coefficient (Wildman–Crippen LogP) is 4.59. The van der Waals surface area contributed by atoms with Gasteiger partial charge in [-0.05, 0) is 114 Å². The molecule has 1 unspecified atom stereocenters. The van der Waals surface area contributed by atoms with Crippen molar-refractivity contribution < 1.29 is 52.7 Å². The number of rotatable bonds is 37. The lowest BCUT2D eigenvalue weighted by molar-refractivity contribution is -0.156. The smallest absolute Gasteiger partial charge is 0.246 e. The molecule has 0 aromatic heterocycles. The standard InChI is InChI=1S/C63H115N11O11/c1-26-28-29-43(15)34-49(56(78)66-47(27-2)59(81)68(19)35-52(76)70(21)48(31-38(5)6)57(79)67-53(41(11)12)62(84)69(20)46(36-75)30-37(3)4)71(22)63(85)54(42(13)14)74(25)61(83)51(33-40(9)10)73(24)60(82)50(32-39(7)8)72(23)58(80)45(17)65-55(77)44(16)64-18/h26,28,36-51,53-54,64H,27,29-35H2,1-25H3,(H,65,77)(H,66,78)(H,67,79)/b28-26+/t43-,44+,45-,46+,47+,48+,49+,50+,51+,53?,54+/m1/s1. The molecule has 0 radical (unpaired) electrons. The van der Waals surface area contributed by atoms with E-state index in [1.54, 1.807) is 55.5 Å². The molecule has 0 bridgehead atoms. The molecule has 0 fully saturated rings. The van der Waals surface area contributed by atoms with E-state index < -0.39 is 126 Å². The highest BCUT2D eigenvalue weighted by Crippen LogP contribution is 2.25. The van der Waals surface area contributed by atoms with E-state index in [0.29, 0.717) is 12.8 Å². The summed E-state index contributed by atoms with van der Waals surface area (Å²) in [5, 5.41) is 11.3. The second kappa shape index (κ2) is 37.6. The number of hydrogen-bond donors (Lipinski definition) is 4. The van der Waals surface area contributed by atoms with Crippen LogP contribution < -0.4 is 21.3 Å². The first-order valence-electron chi connectivity index (χ1n) is 30.8. The van der Waals surface area contributed by atoms with Gasteiger partial charge < -0.3 is 60.4 Å². The van der Waals surface area contributed by atoms with Crippen LogP contribution in [0.25, 0.3) is 0 Å². The molecule has 85 heavy (non-hydrogen) atoms. The molecular weight excluding hydrogens is 1090 g/mol. The predicted molar refractivity (Wildman–Crippen MR) is 334 cm³/mol. The molecule has 488 valence electrons. The minimum absolute atomic E-state index is 0.0489. The molecule has 0 aliphatic rings. The molecule has 0 spiro atoms. The number of aldehydes is 1. The van der Waals surface area contributed by atoms with E-state index in [4.69, 9.17) is 0 Å². The monoisotopic (exact) mass is 1200 g/mol. The van der Waals surface area contributed by atoms with E-state index in [9.17, 15) is 43.2 Å². The zero-order valence-electron chi connectivity index (χ0n) is 56.8. The Morgan fingerprint density at radius 2 is 0.894 bits per heavy atom. The van der Waals surface area contributed by atoms with Gasteiger partial charge in [-0.2, -0.15) is 0 Å². The largest absolute Gasteiger partial charge is 0.343 e. The van der Waals surface area contributed by atoms with Gasteiger partial charge in [-0.15, -0.1) is 0 Å². The number of nitrogens with one attached hydrogen (secondary N) is 4. The quantitative estimate of drug-likeness (QED) is 0.0492. The Hall–Kier alpha value is -5.93. The molecule has 10 amide bonds. The molecule has 4 N–H and O–H groups in total. The fourth-order valence-electron chi connectivity index (χ4n) is 10.3. The van der Waals surface area contributed by atoms with Crippen molar-refractivity contribution >= 4 is 65.4 Å². The Kier molecular flexibility index (Phi) is 35.0. The molecule has 0 rings (SSSR count). The third-order valence-corrected chi connectivity index (χ3v) is 15.9. The van der Waals surface area contributed by atoms with Crippen LogP contribution in [0.15, 0.2) is 12.2 Å². The minimum Gasteiger partial charge on any atom is -0.343 e. The number of carbonyl (C=O) groups excluding carboxylic acids is 11. The zero-order valence-corrected chi connectivity index (χ0v) is 56.8.